The van der Waals surface area contributed by atoms with Crippen LogP contribution in [-0.4, -0.2) is 30.3 Å². The van der Waals surface area contributed by atoms with Gasteiger partial charge in [0.1, 0.15) is 6.10 Å². The van der Waals surface area contributed by atoms with E-state index in [1.807, 2.05) is 12.1 Å². The van der Waals surface area contributed by atoms with Crippen LogP contribution in [0.3, 0.4) is 0 Å². The minimum absolute atomic E-state index is 0.0212. The molecule has 0 saturated heterocycles. The van der Waals surface area contributed by atoms with E-state index in [2.05, 4.69) is 59.3 Å². The topological polar surface area (TPSA) is 84.5 Å². The van der Waals surface area contributed by atoms with E-state index in [4.69, 9.17) is 16.3 Å². The fraction of sp³-hybridized carbons (Fsp3) is 0.725. The van der Waals surface area contributed by atoms with Crippen LogP contribution in [-0.2, 0) is 25.5 Å². The van der Waals surface area contributed by atoms with E-state index in [0.29, 0.717) is 41.5 Å². The largest absolute Gasteiger partial charge is 0.462 e. The third-order valence-corrected chi connectivity index (χ3v) is 15.0. The van der Waals surface area contributed by atoms with E-state index in [-0.39, 0.29) is 57.4 Å². The molecular weight excluding hydrogens is 608 g/mol. The molecular formula is C40H57ClN2O4. The summed E-state index contributed by atoms with van der Waals surface area (Å²) in [5.74, 6) is 1.69. The van der Waals surface area contributed by atoms with E-state index in [1.165, 1.54) is 18.4 Å². The first kappa shape index (κ1) is 34.7. The number of carbonyl (C=O) groups is 3. The van der Waals surface area contributed by atoms with E-state index in [0.717, 1.165) is 49.7 Å². The second-order valence-electron chi connectivity index (χ2n) is 17.6. The third kappa shape index (κ3) is 5.43. The number of benzene rings is 1. The predicted octanol–water partition coefficient (Wildman–Crippen LogP) is 8.42. The van der Waals surface area contributed by atoms with Gasteiger partial charge in [-0.3, -0.25) is 19.8 Å². The molecule has 7 heteroatoms. The molecule has 6 nitrogen and oxygen atoms in total. The zero-order chi connectivity index (χ0) is 34.2. The number of carbonyl (C=O) groups excluding carboxylic acids is 3. The Morgan fingerprint density at radius 2 is 1.62 bits per heavy atom. The van der Waals surface area contributed by atoms with Gasteiger partial charge in [-0.1, -0.05) is 77.8 Å². The van der Waals surface area contributed by atoms with Crippen LogP contribution < -0.4 is 10.9 Å². The van der Waals surface area contributed by atoms with Gasteiger partial charge >= 0.3 is 5.97 Å². The average molecular weight is 665 g/mol. The molecule has 1 aromatic rings. The van der Waals surface area contributed by atoms with Crippen molar-refractivity contribution in [3.63, 3.8) is 0 Å². The number of ketones is 1. The summed E-state index contributed by atoms with van der Waals surface area (Å²) in [4.78, 5) is 38.8. The van der Waals surface area contributed by atoms with Gasteiger partial charge in [0.15, 0.2) is 5.78 Å². The molecule has 2 N–H and O–H groups in total. The molecule has 4 saturated carbocycles. The van der Waals surface area contributed by atoms with Crippen molar-refractivity contribution in [2.75, 3.05) is 6.54 Å². The first-order chi connectivity index (χ1) is 22.0. The number of halogens is 1. The SMILES string of the molecule is CC(=O)O[C@H]1CC[C@]2(C)[C@H]3CC[C@@H]4C5=C(C(C)C)C(=O)C[C@]5(CNNC(=O)Cc5ccc(Cl)cc5)CC[C@@]4(C)[C@]3(C)CC[C@H]2C1(C)C. The minimum Gasteiger partial charge on any atom is -0.462 e. The van der Waals surface area contributed by atoms with E-state index in [9.17, 15) is 14.4 Å². The minimum atomic E-state index is -0.261. The molecule has 0 heterocycles. The van der Waals surface area contributed by atoms with E-state index < -0.39 is 0 Å². The lowest BCUT2D eigenvalue weighted by molar-refractivity contribution is -0.232. The summed E-state index contributed by atoms with van der Waals surface area (Å²) in [5.41, 5.74) is 9.79. The zero-order valence-corrected chi connectivity index (χ0v) is 30.7. The first-order valence-electron chi connectivity index (χ1n) is 18.2. The standard InChI is InChI=1S/C40H57ClN2O4/c1-24(2)34-29(45)22-40(23-42-43-33(46)21-26-9-11-27(41)12-10-26)20-19-38(7)28(35(34)40)13-14-31-37(6)17-16-32(47-25(3)44)36(4,5)30(37)15-18-39(31,38)8/h9-12,24,28,30-32,42H,13-23H2,1-8H3,(H,43,46)/t28-,30+,31-,32+,37+,38-,39-,40+/m1/s1. The fourth-order valence-corrected chi connectivity index (χ4v) is 12.6. The van der Waals surface area contributed by atoms with Crippen LogP contribution in [0.25, 0.3) is 0 Å². The van der Waals surface area contributed by atoms with Crippen molar-refractivity contribution in [3.05, 3.63) is 46.0 Å². The van der Waals surface area contributed by atoms with Gasteiger partial charge in [-0.25, -0.2) is 5.43 Å². The zero-order valence-electron chi connectivity index (χ0n) is 30.0. The summed E-state index contributed by atoms with van der Waals surface area (Å²) in [6.07, 6.45) is 9.47. The van der Waals surface area contributed by atoms with Gasteiger partial charge in [0, 0.05) is 35.7 Å². The van der Waals surface area contributed by atoms with Gasteiger partial charge in [0.05, 0.1) is 6.42 Å². The number of esters is 1. The molecule has 0 aromatic heterocycles. The summed E-state index contributed by atoms with van der Waals surface area (Å²) >= 11 is 6.03. The molecule has 8 atom stereocenters. The van der Waals surface area contributed by atoms with Crippen LogP contribution in [0.5, 0.6) is 0 Å². The Labute approximate surface area is 287 Å². The number of ether oxygens (including phenoxy) is 1. The molecule has 4 fully saturated rings. The van der Waals surface area contributed by atoms with Gasteiger partial charge in [-0.2, -0.15) is 0 Å². The van der Waals surface area contributed by atoms with Crippen LogP contribution >= 0.6 is 11.6 Å². The number of nitrogens with one attached hydrogen (secondary N) is 2. The van der Waals surface area contributed by atoms with Crippen molar-refractivity contribution >= 4 is 29.3 Å². The number of hydrogen-bond acceptors (Lipinski definition) is 5. The lowest BCUT2D eigenvalue weighted by Crippen LogP contribution is -2.66. The van der Waals surface area contributed by atoms with Crippen molar-refractivity contribution in [1.29, 1.82) is 0 Å². The number of Topliss-reactive ketones (excluding diaryl/α,β-unsaturated/α-hetero) is 1. The van der Waals surface area contributed by atoms with Crippen LogP contribution in [0.15, 0.2) is 35.4 Å². The predicted molar refractivity (Wildman–Crippen MR) is 186 cm³/mol. The first-order valence-corrected chi connectivity index (χ1v) is 18.6. The molecule has 0 unspecified atom stereocenters. The van der Waals surface area contributed by atoms with Gasteiger partial charge in [-0.05, 0) is 115 Å². The Balaban J connectivity index is 1.26. The summed E-state index contributed by atoms with van der Waals surface area (Å²) in [6, 6.07) is 7.37. The highest BCUT2D eigenvalue weighted by molar-refractivity contribution is 6.30. The molecule has 0 bridgehead atoms. The van der Waals surface area contributed by atoms with Crippen LogP contribution in [0.1, 0.15) is 119 Å². The highest BCUT2D eigenvalue weighted by Crippen LogP contribution is 2.76. The maximum Gasteiger partial charge on any atom is 0.302 e. The number of hydrogen-bond donors (Lipinski definition) is 2. The lowest BCUT2D eigenvalue weighted by atomic mass is 9.33. The quantitative estimate of drug-likeness (QED) is 0.226. The number of fused-ring (bicyclic) bond motifs is 7. The summed E-state index contributed by atoms with van der Waals surface area (Å²) in [7, 11) is 0. The van der Waals surface area contributed by atoms with E-state index in [1.54, 1.807) is 19.1 Å². The van der Waals surface area contributed by atoms with Crippen molar-refractivity contribution in [3.8, 4) is 0 Å². The Kier molecular flexibility index (Phi) is 8.85. The fourth-order valence-electron chi connectivity index (χ4n) is 12.5. The van der Waals surface area contributed by atoms with Crippen molar-refractivity contribution in [2.24, 2.45) is 50.7 Å². The van der Waals surface area contributed by atoms with Crippen LogP contribution in [0, 0.1) is 50.7 Å². The maximum atomic E-state index is 13.9. The summed E-state index contributed by atoms with van der Waals surface area (Å²) in [5, 5.41) is 0.655. The second kappa shape index (κ2) is 12.0. The molecule has 5 aliphatic rings. The van der Waals surface area contributed by atoms with Crippen molar-refractivity contribution < 1.29 is 19.1 Å². The highest BCUT2D eigenvalue weighted by Gasteiger charge is 2.70. The monoisotopic (exact) mass is 664 g/mol. The molecule has 5 aliphatic carbocycles. The second-order valence-corrected chi connectivity index (χ2v) is 18.1. The molecule has 47 heavy (non-hydrogen) atoms. The lowest BCUT2D eigenvalue weighted by Gasteiger charge is -2.72. The Bertz CT molecular complexity index is 1470. The third-order valence-electron chi connectivity index (χ3n) is 14.8. The average Bonchev–Trinajstić information content (AvgIpc) is 3.28. The van der Waals surface area contributed by atoms with Crippen LogP contribution in [0.2, 0.25) is 5.02 Å². The smallest absolute Gasteiger partial charge is 0.302 e. The molecule has 0 spiro atoms. The van der Waals surface area contributed by atoms with Gasteiger partial charge in [0.2, 0.25) is 5.91 Å². The van der Waals surface area contributed by atoms with E-state index >= 15 is 0 Å². The molecule has 1 amide bonds. The molecule has 0 aliphatic heterocycles. The number of rotatable bonds is 7. The molecule has 6 rings (SSSR count). The van der Waals surface area contributed by atoms with Gasteiger partial charge in [0.25, 0.3) is 0 Å². The Morgan fingerprint density at radius 3 is 2.28 bits per heavy atom. The Hall–Kier alpha value is -2.18. The summed E-state index contributed by atoms with van der Waals surface area (Å²) < 4.78 is 5.94. The summed E-state index contributed by atoms with van der Waals surface area (Å²) in [6.45, 7) is 18.9. The normalized spacial score (nSPS) is 39.1. The molecule has 258 valence electrons. The number of allylic oxidation sites excluding steroid dienone is 1. The number of amides is 1. The van der Waals surface area contributed by atoms with Crippen LogP contribution in [0.4, 0.5) is 0 Å². The number of hydrazine groups is 1. The van der Waals surface area contributed by atoms with Gasteiger partial charge < -0.3 is 4.74 Å². The van der Waals surface area contributed by atoms with Crippen molar-refractivity contribution in [1.82, 2.24) is 10.9 Å². The van der Waals surface area contributed by atoms with Crippen molar-refractivity contribution in [2.45, 2.75) is 126 Å². The molecule has 0 radical (unpaired) electrons. The Morgan fingerprint density at radius 1 is 0.915 bits per heavy atom. The van der Waals surface area contributed by atoms with Gasteiger partial charge in [-0.15, -0.1) is 0 Å². The maximum absolute atomic E-state index is 13.9. The molecule has 1 aromatic carbocycles. The highest BCUT2D eigenvalue weighted by atomic mass is 35.5.